The number of halogens is 4. The summed E-state index contributed by atoms with van der Waals surface area (Å²) in [6.45, 7) is 1.79. The first-order chi connectivity index (χ1) is 9.74. The topological polar surface area (TPSA) is 45.1 Å². The van der Waals surface area contributed by atoms with Gasteiger partial charge in [-0.15, -0.1) is 0 Å². The summed E-state index contributed by atoms with van der Waals surface area (Å²) in [7, 11) is 0. The summed E-state index contributed by atoms with van der Waals surface area (Å²) in [5.74, 6) is 0. The number of aromatic nitrogens is 1. The molecule has 0 spiro atoms. The Morgan fingerprint density at radius 2 is 2.00 bits per heavy atom. The minimum atomic E-state index is -4.48. The van der Waals surface area contributed by atoms with Gasteiger partial charge in [-0.05, 0) is 52.8 Å². The summed E-state index contributed by atoms with van der Waals surface area (Å²) in [5, 5.41) is 11.1. The number of alkyl halides is 3. The lowest BCUT2D eigenvalue weighted by atomic mass is 9.99. The molecule has 0 aliphatic rings. The number of rotatable bonds is 2. The Balaban J connectivity index is 2.70. The fraction of sp³-hybridized carbons (Fsp3) is 0.214. The van der Waals surface area contributed by atoms with Crippen molar-refractivity contribution in [2.24, 2.45) is 0 Å². The highest BCUT2D eigenvalue weighted by Gasteiger charge is 2.31. The van der Waals surface area contributed by atoms with E-state index in [2.05, 4.69) is 0 Å². The average Bonchev–Trinajstić information content (AvgIpc) is 2.79. The van der Waals surface area contributed by atoms with Crippen LogP contribution in [0.4, 0.5) is 18.0 Å². The number of carbonyl (C=O) groups excluding carboxylic acids is 1. The van der Waals surface area contributed by atoms with E-state index in [0.29, 0.717) is 15.6 Å². The highest BCUT2D eigenvalue weighted by Crippen LogP contribution is 2.35. The van der Waals surface area contributed by atoms with Gasteiger partial charge < -0.3 is 14.5 Å². The van der Waals surface area contributed by atoms with E-state index in [4.69, 9.17) is 0 Å². The molecule has 0 radical (unpaired) electrons. The van der Waals surface area contributed by atoms with Crippen LogP contribution in [-0.2, 0) is 12.6 Å². The molecular weight excluding hydrogens is 398 g/mol. The van der Waals surface area contributed by atoms with Crippen LogP contribution in [0, 0.1) is 3.57 Å². The van der Waals surface area contributed by atoms with Gasteiger partial charge in [0.1, 0.15) is 6.09 Å². The SMILES string of the molecule is CCc1ccc(C(F)(F)F)cc1-c1cc(I)cn1C(=O)[O-]. The molecule has 0 amide bonds. The second-order valence-electron chi connectivity index (χ2n) is 4.40. The summed E-state index contributed by atoms with van der Waals surface area (Å²) in [5.41, 5.74) is 0.262. The minimum absolute atomic E-state index is 0.183. The van der Waals surface area contributed by atoms with E-state index in [-0.39, 0.29) is 11.3 Å². The Morgan fingerprint density at radius 1 is 1.33 bits per heavy atom. The molecule has 21 heavy (non-hydrogen) atoms. The van der Waals surface area contributed by atoms with Gasteiger partial charge in [0.05, 0.1) is 11.3 Å². The number of benzene rings is 1. The van der Waals surface area contributed by atoms with Gasteiger partial charge in [0, 0.05) is 15.3 Å². The average molecular weight is 408 g/mol. The zero-order chi connectivity index (χ0) is 15.8. The van der Waals surface area contributed by atoms with Crippen molar-refractivity contribution in [1.82, 2.24) is 4.57 Å². The first kappa shape index (κ1) is 15.9. The molecule has 0 bridgehead atoms. The molecular formula is C14H10F3INO2-. The molecule has 7 heteroatoms. The molecule has 3 nitrogen and oxygen atoms in total. The summed E-state index contributed by atoms with van der Waals surface area (Å²) >= 11 is 1.90. The number of nitrogens with zero attached hydrogens (tertiary/aromatic N) is 1. The van der Waals surface area contributed by atoms with Crippen LogP contribution in [0.25, 0.3) is 11.3 Å². The van der Waals surface area contributed by atoms with Crippen LogP contribution < -0.4 is 5.11 Å². The van der Waals surface area contributed by atoms with Crippen LogP contribution in [0.2, 0.25) is 0 Å². The molecule has 1 aromatic carbocycles. The highest BCUT2D eigenvalue weighted by atomic mass is 127. The molecule has 2 aromatic rings. The van der Waals surface area contributed by atoms with Crippen LogP contribution in [0.3, 0.4) is 0 Å². The molecule has 1 aromatic heterocycles. The van der Waals surface area contributed by atoms with E-state index in [9.17, 15) is 23.1 Å². The normalized spacial score (nSPS) is 11.7. The second kappa shape index (κ2) is 5.70. The van der Waals surface area contributed by atoms with Crippen LogP contribution >= 0.6 is 22.6 Å². The first-order valence-electron chi connectivity index (χ1n) is 6.03. The van der Waals surface area contributed by atoms with Crippen molar-refractivity contribution in [1.29, 1.82) is 0 Å². The predicted molar refractivity (Wildman–Crippen MR) is 77.8 cm³/mol. The molecule has 0 saturated heterocycles. The van der Waals surface area contributed by atoms with Gasteiger partial charge in [-0.1, -0.05) is 13.0 Å². The standard InChI is InChI=1S/C14H11F3INO2/c1-2-8-3-4-9(14(15,16)17)5-11(8)12-6-10(18)7-19(12)13(20)21/h3-7H,2H2,1H3,(H,20,21)/p-1. The van der Waals surface area contributed by atoms with E-state index in [0.717, 1.165) is 16.7 Å². The van der Waals surface area contributed by atoms with Crippen LogP contribution in [0.15, 0.2) is 30.5 Å². The van der Waals surface area contributed by atoms with Crippen molar-refractivity contribution in [3.05, 3.63) is 45.2 Å². The Morgan fingerprint density at radius 3 is 2.52 bits per heavy atom. The van der Waals surface area contributed by atoms with Crippen molar-refractivity contribution in [2.45, 2.75) is 19.5 Å². The lowest BCUT2D eigenvalue weighted by Gasteiger charge is -2.15. The maximum Gasteiger partial charge on any atom is 0.416 e. The lowest BCUT2D eigenvalue weighted by Crippen LogP contribution is -2.28. The Labute approximate surface area is 132 Å². The quantitative estimate of drug-likeness (QED) is 0.714. The van der Waals surface area contributed by atoms with Gasteiger partial charge in [0.15, 0.2) is 0 Å². The Kier molecular flexibility index (Phi) is 4.31. The van der Waals surface area contributed by atoms with Crippen LogP contribution in [-0.4, -0.2) is 10.7 Å². The largest absolute Gasteiger partial charge is 0.529 e. The van der Waals surface area contributed by atoms with Gasteiger partial charge >= 0.3 is 6.18 Å². The summed E-state index contributed by atoms with van der Waals surface area (Å²) in [6, 6.07) is 4.87. The van der Waals surface area contributed by atoms with E-state index in [1.807, 2.05) is 22.6 Å². The van der Waals surface area contributed by atoms with Crippen LogP contribution in [0.5, 0.6) is 0 Å². The predicted octanol–water partition coefficient (Wildman–Crippen LogP) is 3.53. The highest BCUT2D eigenvalue weighted by molar-refractivity contribution is 14.1. The Hall–Kier alpha value is -1.51. The molecule has 0 aliphatic heterocycles. The van der Waals surface area contributed by atoms with Gasteiger partial charge in [0.25, 0.3) is 0 Å². The van der Waals surface area contributed by atoms with E-state index >= 15 is 0 Å². The minimum Gasteiger partial charge on any atom is -0.529 e. The number of aryl methyl sites for hydroxylation is 1. The lowest BCUT2D eigenvalue weighted by molar-refractivity contribution is -0.250. The molecule has 0 fully saturated rings. The van der Waals surface area contributed by atoms with E-state index in [1.165, 1.54) is 18.3 Å². The molecule has 2 rings (SSSR count). The number of carbonyl (C=O) groups is 1. The Bertz CT molecular complexity index is 692. The van der Waals surface area contributed by atoms with Crippen molar-refractivity contribution in [3.8, 4) is 11.3 Å². The summed E-state index contributed by atoms with van der Waals surface area (Å²) < 4.78 is 40.0. The first-order valence-corrected chi connectivity index (χ1v) is 7.11. The molecule has 0 unspecified atom stereocenters. The molecule has 0 saturated carbocycles. The smallest absolute Gasteiger partial charge is 0.416 e. The zero-order valence-corrected chi connectivity index (χ0v) is 13.0. The van der Waals surface area contributed by atoms with Gasteiger partial charge in [0.2, 0.25) is 0 Å². The molecule has 1 heterocycles. The van der Waals surface area contributed by atoms with Crippen molar-refractivity contribution < 1.29 is 23.1 Å². The monoisotopic (exact) mass is 408 g/mol. The maximum atomic E-state index is 12.8. The molecule has 112 valence electrons. The maximum absolute atomic E-state index is 12.8. The summed E-state index contributed by atoms with van der Waals surface area (Å²) in [6.07, 6.45) is -4.16. The third kappa shape index (κ3) is 3.22. The fourth-order valence-electron chi connectivity index (χ4n) is 2.09. The van der Waals surface area contributed by atoms with Gasteiger partial charge in [-0.25, -0.2) is 0 Å². The van der Waals surface area contributed by atoms with Crippen molar-refractivity contribution >= 4 is 28.7 Å². The van der Waals surface area contributed by atoms with Crippen LogP contribution in [0.1, 0.15) is 18.1 Å². The number of hydrogen-bond acceptors (Lipinski definition) is 2. The van der Waals surface area contributed by atoms with Gasteiger partial charge in [-0.2, -0.15) is 13.2 Å². The zero-order valence-electron chi connectivity index (χ0n) is 10.9. The fourth-order valence-corrected chi connectivity index (χ4v) is 2.66. The molecule has 0 atom stereocenters. The van der Waals surface area contributed by atoms with Crippen molar-refractivity contribution in [2.75, 3.05) is 0 Å². The van der Waals surface area contributed by atoms with Gasteiger partial charge in [-0.3, -0.25) is 0 Å². The number of carboxylic acid groups (broad SMARTS) is 1. The number of hydrogen-bond donors (Lipinski definition) is 0. The van der Waals surface area contributed by atoms with E-state index in [1.54, 1.807) is 6.92 Å². The van der Waals surface area contributed by atoms with Crippen molar-refractivity contribution in [3.63, 3.8) is 0 Å². The molecule has 0 aliphatic carbocycles. The third-order valence-corrected chi connectivity index (χ3v) is 3.67. The second-order valence-corrected chi connectivity index (χ2v) is 5.65. The molecule has 0 N–H and O–H groups in total. The summed E-state index contributed by atoms with van der Waals surface area (Å²) in [4.78, 5) is 11.1. The van der Waals surface area contributed by atoms with E-state index < -0.39 is 17.8 Å². The third-order valence-electron chi connectivity index (χ3n) is 3.08.